The predicted molar refractivity (Wildman–Crippen MR) is 91.5 cm³/mol. The summed E-state index contributed by atoms with van der Waals surface area (Å²) in [6, 6.07) is 8.07. The van der Waals surface area contributed by atoms with Gasteiger partial charge in [-0.25, -0.2) is 4.68 Å². The monoisotopic (exact) mass is 364 g/mol. The van der Waals surface area contributed by atoms with E-state index in [1.165, 1.54) is 0 Å². The fraction of sp³-hybridized carbons (Fsp3) is 0.375. The molecule has 1 atom stereocenters. The topological polar surface area (TPSA) is 58.9 Å². The van der Waals surface area contributed by atoms with E-state index in [9.17, 15) is 4.79 Å². The van der Waals surface area contributed by atoms with Crippen LogP contribution in [0.3, 0.4) is 0 Å². The molecule has 0 saturated heterocycles. The molecule has 0 spiro atoms. The SMILES string of the molecule is CCN[C@H](C)CNC(=O)c1cnn(-c2ccc(Br)cc2)c1C. The minimum atomic E-state index is -0.0920. The van der Waals surface area contributed by atoms with Gasteiger partial charge in [0.2, 0.25) is 0 Å². The van der Waals surface area contributed by atoms with Crippen molar-refractivity contribution in [2.45, 2.75) is 26.8 Å². The minimum Gasteiger partial charge on any atom is -0.350 e. The summed E-state index contributed by atoms with van der Waals surface area (Å²) in [7, 11) is 0. The van der Waals surface area contributed by atoms with Crippen molar-refractivity contribution in [2.75, 3.05) is 13.1 Å². The smallest absolute Gasteiger partial charge is 0.254 e. The average Bonchev–Trinajstić information content (AvgIpc) is 2.88. The van der Waals surface area contributed by atoms with Gasteiger partial charge in [-0.05, 0) is 44.7 Å². The Labute approximate surface area is 139 Å². The van der Waals surface area contributed by atoms with Crippen LogP contribution in [0, 0.1) is 6.92 Å². The van der Waals surface area contributed by atoms with Crippen LogP contribution in [-0.4, -0.2) is 34.8 Å². The zero-order chi connectivity index (χ0) is 16.1. The van der Waals surface area contributed by atoms with E-state index in [0.717, 1.165) is 22.4 Å². The molecule has 0 aliphatic heterocycles. The Balaban J connectivity index is 2.10. The molecular formula is C16H21BrN4O. The fourth-order valence-electron chi connectivity index (χ4n) is 2.24. The van der Waals surface area contributed by atoms with E-state index in [2.05, 4.69) is 31.7 Å². The van der Waals surface area contributed by atoms with E-state index < -0.39 is 0 Å². The van der Waals surface area contributed by atoms with Crippen LogP contribution in [0.2, 0.25) is 0 Å². The molecule has 1 amide bonds. The Bertz CT molecular complexity index is 636. The number of amides is 1. The number of aromatic nitrogens is 2. The lowest BCUT2D eigenvalue weighted by Gasteiger charge is -2.13. The Morgan fingerprint density at radius 1 is 1.36 bits per heavy atom. The van der Waals surface area contributed by atoms with Crippen molar-refractivity contribution in [3.63, 3.8) is 0 Å². The number of nitrogens with one attached hydrogen (secondary N) is 2. The zero-order valence-electron chi connectivity index (χ0n) is 13.1. The largest absolute Gasteiger partial charge is 0.350 e. The van der Waals surface area contributed by atoms with E-state index in [-0.39, 0.29) is 11.9 Å². The predicted octanol–water partition coefficient (Wildman–Crippen LogP) is 2.67. The van der Waals surface area contributed by atoms with Gasteiger partial charge in [-0.15, -0.1) is 0 Å². The molecule has 2 rings (SSSR count). The summed E-state index contributed by atoms with van der Waals surface area (Å²) in [5.41, 5.74) is 2.36. The van der Waals surface area contributed by atoms with E-state index in [0.29, 0.717) is 12.1 Å². The van der Waals surface area contributed by atoms with Gasteiger partial charge in [-0.2, -0.15) is 5.10 Å². The summed E-state index contributed by atoms with van der Waals surface area (Å²) < 4.78 is 2.78. The van der Waals surface area contributed by atoms with Crippen LogP contribution in [0.25, 0.3) is 5.69 Å². The number of halogens is 1. The van der Waals surface area contributed by atoms with Crippen molar-refractivity contribution in [3.05, 3.63) is 46.2 Å². The molecular weight excluding hydrogens is 344 g/mol. The number of likely N-dealkylation sites (N-methyl/N-ethyl adjacent to an activating group) is 1. The van der Waals surface area contributed by atoms with Crippen LogP contribution in [0.15, 0.2) is 34.9 Å². The van der Waals surface area contributed by atoms with Gasteiger partial charge < -0.3 is 10.6 Å². The molecule has 0 radical (unpaired) electrons. The molecule has 0 saturated carbocycles. The van der Waals surface area contributed by atoms with Gasteiger partial charge in [-0.3, -0.25) is 4.79 Å². The Morgan fingerprint density at radius 3 is 2.68 bits per heavy atom. The Hall–Kier alpha value is -1.66. The molecule has 2 N–H and O–H groups in total. The molecule has 22 heavy (non-hydrogen) atoms. The van der Waals surface area contributed by atoms with E-state index in [4.69, 9.17) is 0 Å². The lowest BCUT2D eigenvalue weighted by molar-refractivity contribution is 0.0949. The third kappa shape index (κ3) is 3.96. The first-order chi connectivity index (χ1) is 10.5. The first-order valence-corrected chi connectivity index (χ1v) is 8.14. The normalized spacial score (nSPS) is 12.2. The zero-order valence-corrected chi connectivity index (χ0v) is 14.6. The number of hydrogen-bond acceptors (Lipinski definition) is 3. The summed E-state index contributed by atoms with van der Waals surface area (Å²) in [6.45, 7) is 7.47. The Kier molecular flexibility index (Phi) is 5.74. The summed E-state index contributed by atoms with van der Waals surface area (Å²) >= 11 is 3.41. The third-order valence-corrected chi connectivity index (χ3v) is 3.98. The summed E-state index contributed by atoms with van der Waals surface area (Å²) in [4.78, 5) is 12.3. The highest BCUT2D eigenvalue weighted by Gasteiger charge is 2.15. The number of hydrogen-bond donors (Lipinski definition) is 2. The van der Waals surface area contributed by atoms with Gasteiger partial charge in [0.05, 0.1) is 23.1 Å². The maximum Gasteiger partial charge on any atom is 0.254 e. The summed E-state index contributed by atoms with van der Waals surface area (Å²) in [5, 5.41) is 10.5. The quantitative estimate of drug-likeness (QED) is 0.828. The molecule has 1 aromatic carbocycles. The van der Waals surface area contributed by atoms with Crippen molar-refractivity contribution in [1.29, 1.82) is 0 Å². The molecule has 1 aromatic heterocycles. The highest BCUT2D eigenvalue weighted by molar-refractivity contribution is 9.10. The second-order valence-electron chi connectivity index (χ2n) is 5.20. The minimum absolute atomic E-state index is 0.0920. The standard InChI is InChI=1S/C16H21BrN4O/c1-4-18-11(2)9-19-16(22)15-10-20-21(12(15)3)14-7-5-13(17)6-8-14/h5-8,10-11,18H,4,9H2,1-3H3,(H,19,22)/t11-/m1/s1. The molecule has 0 unspecified atom stereocenters. The molecule has 0 aliphatic rings. The molecule has 5 nitrogen and oxygen atoms in total. The van der Waals surface area contributed by atoms with Crippen LogP contribution in [0.1, 0.15) is 29.9 Å². The van der Waals surface area contributed by atoms with E-state index >= 15 is 0 Å². The summed E-state index contributed by atoms with van der Waals surface area (Å²) in [6.07, 6.45) is 1.62. The maximum absolute atomic E-state index is 12.3. The lowest BCUT2D eigenvalue weighted by atomic mass is 10.2. The number of benzene rings is 1. The number of rotatable bonds is 6. The average molecular weight is 365 g/mol. The van der Waals surface area contributed by atoms with Crippen LogP contribution >= 0.6 is 15.9 Å². The first kappa shape index (κ1) is 16.7. The number of carbonyl (C=O) groups excluding carboxylic acids is 1. The van der Waals surface area contributed by atoms with Crippen molar-refractivity contribution < 1.29 is 4.79 Å². The molecule has 0 bridgehead atoms. The fourth-order valence-corrected chi connectivity index (χ4v) is 2.50. The van der Waals surface area contributed by atoms with Crippen LogP contribution in [-0.2, 0) is 0 Å². The molecule has 6 heteroatoms. The summed E-state index contributed by atoms with van der Waals surface area (Å²) in [5.74, 6) is -0.0920. The van der Waals surface area contributed by atoms with Crippen molar-refractivity contribution >= 4 is 21.8 Å². The molecule has 118 valence electrons. The second kappa shape index (κ2) is 7.56. The van der Waals surface area contributed by atoms with Crippen molar-refractivity contribution in [2.24, 2.45) is 0 Å². The van der Waals surface area contributed by atoms with Crippen molar-refractivity contribution in [1.82, 2.24) is 20.4 Å². The third-order valence-electron chi connectivity index (χ3n) is 3.45. The number of nitrogens with zero attached hydrogens (tertiary/aromatic N) is 2. The van der Waals surface area contributed by atoms with Crippen molar-refractivity contribution in [3.8, 4) is 5.69 Å². The van der Waals surface area contributed by atoms with Gasteiger partial charge in [-0.1, -0.05) is 22.9 Å². The van der Waals surface area contributed by atoms with Gasteiger partial charge in [0, 0.05) is 17.1 Å². The molecule has 0 aliphatic carbocycles. The first-order valence-electron chi connectivity index (χ1n) is 7.35. The molecule has 1 heterocycles. The Morgan fingerprint density at radius 2 is 2.05 bits per heavy atom. The highest BCUT2D eigenvalue weighted by Crippen LogP contribution is 2.17. The highest BCUT2D eigenvalue weighted by atomic mass is 79.9. The van der Waals surface area contributed by atoms with E-state index in [1.54, 1.807) is 10.9 Å². The maximum atomic E-state index is 12.3. The van der Waals surface area contributed by atoms with Gasteiger partial charge in [0.1, 0.15) is 0 Å². The number of carbonyl (C=O) groups is 1. The van der Waals surface area contributed by atoms with Crippen LogP contribution in [0.5, 0.6) is 0 Å². The van der Waals surface area contributed by atoms with Gasteiger partial charge >= 0.3 is 0 Å². The molecule has 0 fully saturated rings. The van der Waals surface area contributed by atoms with Gasteiger partial charge in [0.25, 0.3) is 5.91 Å². The van der Waals surface area contributed by atoms with E-state index in [1.807, 2.05) is 45.0 Å². The lowest BCUT2D eigenvalue weighted by Crippen LogP contribution is -2.38. The van der Waals surface area contributed by atoms with Crippen LogP contribution in [0.4, 0.5) is 0 Å². The molecule has 2 aromatic rings. The van der Waals surface area contributed by atoms with Gasteiger partial charge in [0.15, 0.2) is 0 Å². The second-order valence-corrected chi connectivity index (χ2v) is 6.12. The van der Waals surface area contributed by atoms with Crippen LogP contribution < -0.4 is 10.6 Å².